The lowest BCUT2D eigenvalue weighted by molar-refractivity contribution is -0.139. The number of likely N-dealkylation sites (tertiary alicyclic amines) is 1. The van der Waals surface area contributed by atoms with Crippen LogP contribution in [0.1, 0.15) is 49.8 Å². The molecule has 0 spiro atoms. The van der Waals surface area contributed by atoms with Crippen LogP contribution in [0.15, 0.2) is 95.9 Å². The monoisotopic (exact) mass is 825 g/mol. The van der Waals surface area contributed by atoms with Gasteiger partial charge in [0.2, 0.25) is 20.0 Å². The van der Waals surface area contributed by atoms with Crippen LogP contribution in [0, 0.1) is 11.8 Å². The maximum absolute atomic E-state index is 14.0. The van der Waals surface area contributed by atoms with Crippen LogP contribution in [0.3, 0.4) is 0 Å². The Kier molecular flexibility index (Phi) is 13.6. The molecule has 57 heavy (non-hydrogen) atoms. The van der Waals surface area contributed by atoms with E-state index in [2.05, 4.69) is 6.58 Å². The maximum Gasteiger partial charge on any atom is 0.410 e. The highest BCUT2D eigenvalue weighted by atomic mass is 32.2. The highest BCUT2D eigenvalue weighted by Crippen LogP contribution is 2.48. The van der Waals surface area contributed by atoms with E-state index in [1.54, 1.807) is 21.3 Å². The number of carboxylic acid groups (broad SMARTS) is 1. The van der Waals surface area contributed by atoms with Crippen molar-refractivity contribution in [2.45, 2.75) is 61.6 Å². The fourth-order valence-corrected chi connectivity index (χ4v) is 10.9. The lowest BCUT2D eigenvalue weighted by Gasteiger charge is -2.47. The van der Waals surface area contributed by atoms with Gasteiger partial charge in [-0.3, -0.25) is 0 Å². The first kappa shape index (κ1) is 42.1. The molecule has 0 aliphatic carbocycles. The first-order valence-corrected chi connectivity index (χ1v) is 22.1. The minimum atomic E-state index is -4.02. The Morgan fingerprint density at radius 2 is 1.61 bits per heavy atom. The second-order valence-electron chi connectivity index (χ2n) is 14.8. The van der Waals surface area contributed by atoms with E-state index in [1.807, 2.05) is 55.5 Å². The zero-order chi connectivity index (χ0) is 40.7. The molecule has 3 fully saturated rings. The summed E-state index contributed by atoms with van der Waals surface area (Å²) >= 11 is 0. The summed E-state index contributed by atoms with van der Waals surface area (Å²) in [6, 6.07) is 22.7. The predicted molar refractivity (Wildman–Crippen MR) is 212 cm³/mol. The van der Waals surface area contributed by atoms with Crippen LogP contribution in [0.5, 0.6) is 11.5 Å². The SMILES string of the molecule is C=C(C)[C@H]1C[C@@H]2CN(S(=O)(=O)C3CCN(C(=O)OCc4ccccc4)CC3)CC[C@@H]2O[C@@H]1c1cc(S(=O)(=O)N(C)CCOc2ccccc2)ccc1OCC(=O)O. The van der Waals surface area contributed by atoms with E-state index in [1.165, 1.54) is 29.6 Å². The lowest BCUT2D eigenvalue weighted by atomic mass is 9.76. The first-order chi connectivity index (χ1) is 27.2. The van der Waals surface area contributed by atoms with Gasteiger partial charge in [0.15, 0.2) is 6.61 Å². The van der Waals surface area contributed by atoms with E-state index in [4.69, 9.17) is 18.9 Å². The summed E-state index contributed by atoms with van der Waals surface area (Å²) in [5, 5.41) is 8.78. The van der Waals surface area contributed by atoms with Crippen LogP contribution in [0.4, 0.5) is 4.79 Å². The van der Waals surface area contributed by atoms with Crippen LogP contribution in [0.2, 0.25) is 0 Å². The number of benzene rings is 3. The third kappa shape index (κ3) is 10.2. The highest BCUT2D eigenvalue weighted by Gasteiger charge is 2.46. The number of amides is 1. The van der Waals surface area contributed by atoms with Crippen LogP contribution in [-0.2, 0) is 40.9 Å². The zero-order valence-electron chi connectivity index (χ0n) is 32.3. The predicted octanol–water partition coefficient (Wildman–Crippen LogP) is 5.32. The number of piperidine rings is 2. The molecule has 3 aromatic rings. The average Bonchev–Trinajstić information content (AvgIpc) is 3.21. The van der Waals surface area contributed by atoms with Crippen LogP contribution >= 0.6 is 0 Å². The van der Waals surface area contributed by atoms with Gasteiger partial charge in [-0.05, 0) is 74.4 Å². The second kappa shape index (κ2) is 18.4. The molecule has 0 saturated carbocycles. The van der Waals surface area contributed by atoms with E-state index in [0.717, 1.165) is 11.1 Å². The molecule has 0 aromatic heterocycles. The average molecular weight is 826 g/mol. The van der Waals surface area contributed by atoms with Gasteiger partial charge >= 0.3 is 12.1 Å². The smallest absolute Gasteiger partial charge is 0.410 e. The number of para-hydroxylation sites is 1. The number of fused-ring (bicyclic) bond motifs is 1. The molecule has 3 saturated heterocycles. The number of sulfonamides is 2. The second-order valence-corrected chi connectivity index (χ2v) is 19.1. The van der Waals surface area contributed by atoms with Gasteiger partial charge in [-0.15, -0.1) is 0 Å². The topological polar surface area (TPSA) is 169 Å². The van der Waals surface area contributed by atoms with Gasteiger partial charge in [-0.1, -0.05) is 60.7 Å². The van der Waals surface area contributed by atoms with Crippen molar-refractivity contribution >= 4 is 32.1 Å². The summed E-state index contributed by atoms with van der Waals surface area (Å²) in [6.07, 6.45) is -0.0415. The van der Waals surface area contributed by atoms with Crippen molar-refractivity contribution in [2.24, 2.45) is 11.8 Å². The Bertz CT molecular complexity index is 2090. The van der Waals surface area contributed by atoms with E-state index >= 15 is 0 Å². The Morgan fingerprint density at radius 3 is 2.28 bits per heavy atom. The molecule has 16 heteroatoms. The summed E-state index contributed by atoms with van der Waals surface area (Å²) in [6.45, 7) is 6.78. The standard InChI is InChI=1S/C41H51N3O11S2/c1-29(2)35-24-31-26-44(57(50,51)33-16-19-43(20-17-33)41(47)54-27-30-10-6-4-7-11-30)21-18-37(31)55-40(35)36-25-34(14-15-38(36)53-28-39(45)46)56(48,49)42(3)22-23-52-32-12-8-5-9-13-32/h4-15,25,31,33,35,37,40H,1,16-24,26-28H2,2-3H3,(H,45,46)/t31-,35-,37+,40+/m1/s1. The molecule has 3 aliphatic heterocycles. The van der Waals surface area contributed by atoms with Crippen LogP contribution in [0.25, 0.3) is 0 Å². The van der Waals surface area contributed by atoms with Crippen molar-refractivity contribution in [2.75, 3.05) is 53.0 Å². The number of nitrogens with zero attached hydrogens (tertiary/aromatic N) is 3. The minimum Gasteiger partial charge on any atom is -0.492 e. The molecule has 14 nitrogen and oxygen atoms in total. The van der Waals surface area contributed by atoms with Crippen molar-refractivity contribution in [3.05, 3.63) is 102 Å². The van der Waals surface area contributed by atoms with Gasteiger partial charge in [-0.2, -0.15) is 4.31 Å². The molecule has 308 valence electrons. The molecule has 3 aliphatic rings. The molecule has 6 rings (SSSR count). The summed E-state index contributed by atoms with van der Waals surface area (Å²) < 4.78 is 82.0. The summed E-state index contributed by atoms with van der Waals surface area (Å²) in [4.78, 5) is 25.8. The number of carbonyl (C=O) groups excluding carboxylic acids is 1. The van der Waals surface area contributed by atoms with Crippen molar-refractivity contribution in [3.8, 4) is 11.5 Å². The zero-order valence-corrected chi connectivity index (χ0v) is 33.9. The van der Waals surface area contributed by atoms with Gasteiger partial charge in [-0.25, -0.2) is 30.7 Å². The summed E-state index contributed by atoms with van der Waals surface area (Å²) in [7, 11) is -6.26. The molecule has 4 atom stereocenters. The molecule has 3 heterocycles. The Balaban J connectivity index is 1.13. The molecule has 1 amide bonds. The Hall–Kier alpha value is -4.48. The number of likely N-dealkylation sites (N-methyl/N-ethyl adjacent to an activating group) is 1. The molecule has 0 unspecified atom stereocenters. The number of carboxylic acids is 1. The Morgan fingerprint density at radius 1 is 0.930 bits per heavy atom. The van der Waals surface area contributed by atoms with Crippen molar-refractivity contribution in [1.29, 1.82) is 0 Å². The van der Waals surface area contributed by atoms with Gasteiger partial charge in [0, 0.05) is 51.3 Å². The number of ether oxygens (including phenoxy) is 4. The number of hydrogen-bond acceptors (Lipinski definition) is 10. The summed E-state index contributed by atoms with van der Waals surface area (Å²) in [5.74, 6) is -0.936. The third-order valence-electron chi connectivity index (χ3n) is 11.0. The number of aliphatic carboxylic acids is 1. The lowest BCUT2D eigenvalue weighted by Crippen LogP contribution is -2.54. The highest BCUT2D eigenvalue weighted by molar-refractivity contribution is 7.89. The largest absolute Gasteiger partial charge is 0.492 e. The summed E-state index contributed by atoms with van der Waals surface area (Å²) in [5.41, 5.74) is 2.00. The molecular formula is C41H51N3O11S2. The quantitative estimate of drug-likeness (QED) is 0.197. The van der Waals surface area contributed by atoms with E-state index in [0.29, 0.717) is 37.0 Å². The molecule has 3 aromatic carbocycles. The van der Waals surface area contributed by atoms with E-state index in [9.17, 15) is 31.5 Å². The normalized spacial score (nSPS) is 22.1. The Labute approximate surface area is 335 Å². The van der Waals surface area contributed by atoms with Gasteiger partial charge in [0.05, 0.1) is 22.4 Å². The van der Waals surface area contributed by atoms with E-state index in [-0.39, 0.29) is 74.5 Å². The molecule has 1 N–H and O–H groups in total. The fraction of sp³-hybridized carbons (Fsp3) is 0.463. The van der Waals surface area contributed by atoms with Crippen molar-refractivity contribution in [1.82, 2.24) is 13.5 Å². The molecule has 0 bridgehead atoms. The number of rotatable bonds is 15. The first-order valence-electron chi connectivity index (χ1n) is 19.1. The van der Waals surface area contributed by atoms with Crippen LogP contribution in [-0.4, -0.2) is 112 Å². The third-order valence-corrected chi connectivity index (χ3v) is 15.2. The van der Waals surface area contributed by atoms with Gasteiger partial charge in [0.1, 0.15) is 24.7 Å². The minimum absolute atomic E-state index is 0.0232. The van der Waals surface area contributed by atoms with Crippen LogP contribution < -0.4 is 9.47 Å². The van der Waals surface area contributed by atoms with Gasteiger partial charge < -0.3 is 29.0 Å². The fourth-order valence-electron chi connectivity index (χ4n) is 7.74. The van der Waals surface area contributed by atoms with Crippen molar-refractivity contribution in [3.63, 3.8) is 0 Å². The maximum atomic E-state index is 14.0. The van der Waals surface area contributed by atoms with Gasteiger partial charge in [0.25, 0.3) is 0 Å². The number of hydrogen-bond donors (Lipinski definition) is 1. The van der Waals surface area contributed by atoms with Crippen molar-refractivity contribution < 1.29 is 50.5 Å². The molecule has 0 radical (unpaired) electrons. The number of carbonyl (C=O) groups is 2. The molecular weight excluding hydrogens is 775 g/mol. The van der Waals surface area contributed by atoms with E-state index < -0.39 is 50.1 Å².